The lowest BCUT2D eigenvalue weighted by Gasteiger charge is -2.33. The molecule has 2 heterocycles. The number of nitrogens with zero attached hydrogens (tertiary/aromatic N) is 2. The normalized spacial score (nSPS) is 25.8. The van der Waals surface area contributed by atoms with Gasteiger partial charge in [-0.15, -0.1) is 6.58 Å². The van der Waals surface area contributed by atoms with Gasteiger partial charge in [-0.05, 0) is 64.5 Å². The van der Waals surface area contributed by atoms with Gasteiger partial charge in [0.05, 0.1) is 30.5 Å². The maximum atomic E-state index is 14.2. The molecule has 5 rings (SSSR count). The molecule has 0 spiro atoms. The van der Waals surface area contributed by atoms with E-state index in [1.807, 2.05) is 53.7 Å². The molecule has 12 nitrogen and oxygen atoms in total. The van der Waals surface area contributed by atoms with Crippen LogP contribution in [0.3, 0.4) is 0 Å². The molecule has 0 radical (unpaired) electrons. The number of carbonyl (C=O) groups excluding carboxylic acids is 3. The summed E-state index contributed by atoms with van der Waals surface area (Å²) in [6, 6.07) is 3.92. The minimum atomic E-state index is -3.84. The summed E-state index contributed by atoms with van der Waals surface area (Å²) in [4.78, 5) is 48.1. The van der Waals surface area contributed by atoms with Crippen LogP contribution < -0.4 is 24.2 Å². The molecule has 0 bridgehead atoms. The maximum Gasteiger partial charge on any atom is 0.259 e. The van der Waals surface area contributed by atoms with Crippen LogP contribution in [0.4, 0.5) is 0 Å². The molecule has 1 aromatic carbocycles. The number of hydrogen-bond donors (Lipinski definition) is 2. The molecule has 2 N–H and O–H groups in total. The number of carbonyl (C=O) groups is 3. The number of hydrogen-bond acceptors (Lipinski definition) is 9. The van der Waals surface area contributed by atoms with E-state index >= 15 is 0 Å². The van der Waals surface area contributed by atoms with E-state index in [0.29, 0.717) is 48.8 Å². The minimum Gasteiger partial charge on any atom is -0.496 e. The van der Waals surface area contributed by atoms with Crippen LogP contribution in [0.25, 0.3) is 10.9 Å². The van der Waals surface area contributed by atoms with Crippen LogP contribution in [-0.2, 0) is 24.4 Å². The Labute approximate surface area is 283 Å². The molecular formula is C35H48N4O8S. The summed E-state index contributed by atoms with van der Waals surface area (Å²) in [5, 5.41) is 2.99. The molecule has 2 saturated carbocycles. The molecule has 3 amide bonds. The smallest absolute Gasteiger partial charge is 0.259 e. The summed E-state index contributed by atoms with van der Waals surface area (Å²) in [7, 11) is -2.25. The molecule has 1 aromatic heterocycles. The topological polar surface area (TPSA) is 153 Å². The molecule has 13 heteroatoms. The van der Waals surface area contributed by atoms with Crippen molar-refractivity contribution in [1.29, 1.82) is 0 Å². The highest BCUT2D eigenvalue weighted by Crippen LogP contribution is 2.46. The van der Waals surface area contributed by atoms with Crippen molar-refractivity contribution in [2.45, 2.75) is 103 Å². The van der Waals surface area contributed by atoms with Gasteiger partial charge in [0.2, 0.25) is 27.7 Å². The van der Waals surface area contributed by atoms with Crippen LogP contribution in [0.2, 0.25) is 0 Å². The lowest BCUT2D eigenvalue weighted by atomic mass is 9.91. The van der Waals surface area contributed by atoms with Gasteiger partial charge < -0.3 is 24.4 Å². The van der Waals surface area contributed by atoms with Gasteiger partial charge in [0.1, 0.15) is 29.2 Å². The number of aryl methyl sites for hydroxylation is 1. The average Bonchev–Trinajstić information content (AvgIpc) is 3.96. The lowest BCUT2D eigenvalue weighted by molar-refractivity contribution is -0.145. The minimum absolute atomic E-state index is 0.0209. The number of methoxy groups -OCH3 is 1. The highest BCUT2D eigenvalue weighted by molar-refractivity contribution is 7.91. The predicted molar refractivity (Wildman–Crippen MR) is 181 cm³/mol. The van der Waals surface area contributed by atoms with Crippen LogP contribution in [-0.4, -0.2) is 78.7 Å². The van der Waals surface area contributed by atoms with E-state index in [4.69, 9.17) is 14.2 Å². The van der Waals surface area contributed by atoms with Gasteiger partial charge in [0.25, 0.3) is 5.91 Å². The van der Waals surface area contributed by atoms with E-state index in [-0.39, 0.29) is 30.6 Å². The van der Waals surface area contributed by atoms with Gasteiger partial charge in [-0.3, -0.25) is 19.1 Å². The first-order valence-corrected chi connectivity index (χ1v) is 18.4. The largest absolute Gasteiger partial charge is 0.496 e. The van der Waals surface area contributed by atoms with Crippen molar-refractivity contribution in [2.24, 2.45) is 17.8 Å². The Bertz CT molecular complexity index is 1710. The second-order valence-electron chi connectivity index (χ2n) is 13.5. The molecule has 48 heavy (non-hydrogen) atoms. The number of amides is 3. The number of rotatable bonds is 14. The number of benzene rings is 1. The van der Waals surface area contributed by atoms with Crippen molar-refractivity contribution in [1.82, 2.24) is 19.9 Å². The number of aromatic nitrogens is 1. The van der Waals surface area contributed by atoms with Crippen molar-refractivity contribution in [2.75, 3.05) is 13.7 Å². The number of likely N-dealkylation sites (tertiary alicyclic amines) is 1. The Balaban J connectivity index is 1.48. The predicted octanol–water partition coefficient (Wildman–Crippen LogP) is 4.04. The van der Waals surface area contributed by atoms with E-state index in [2.05, 4.69) is 21.6 Å². The van der Waals surface area contributed by atoms with Crippen LogP contribution in [0.5, 0.6) is 17.4 Å². The Hall–Kier alpha value is -3.87. The summed E-state index contributed by atoms with van der Waals surface area (Å²) in [5.41, 5.74) is -0.0112. The van der Waals surface area contributed by atoms with Crippen molar-refractivity contribution in [3.8, 4) is 17.4 Å². The van der Waals surface area contributed by atoms with Crippen LogP contribution in [0.15, 0.2) is 30.9 Å². The number of ether oxygens (including phenoxy) is 3. The molecule has 0 unspecified atom stereocenters. The first kappa shape index (κ1) is 35.4. The lowest BCUT2D eigenvalue weighted by Crippen LogP contribution is -2.57. The zero-order valence-electron chi connectivity index (χ0n) is 28.9. The maximum absolute atomic E-state index is 14.2. The van der Waals surface area contributed by atoms with Gasteiger partial charge in [0.15, 0.2) is 0 Å². The average molecular weight is 685 g/mol. The van der Waals surface area contributed by atoms with Crippen molar-refractivity contribution >= 4 is 38.6 Å². The molecule has 262 valence electrons. The van der Waals surface area contributed by atoms with Crippen molar-refractivity contribution in [3.05, 3.63) is 36.4 Å². The third-order valence-corrected chi connectivity index (χ3v) is 11.9. The van der Waals surface area contributed by atoms with E-state index in [9.17, 15) is 22.8 Å². The quantitative estimate of drug-likeness (QED) is 0.281. The van der Waals surface area contributed by atoms with E-state index in [1.54, 1.807) is 24.2 Å². The fourth-order valence-corrected chi connectivity index (χ4v) is 8.29. The summed E-state index contributed by atoms with van der Waals surface area (Å²) in [6.45, 7) is 15.7. The molecule has 1 saturated heterocycles. The van der Waals surface area contributed by atoms with Gasteiger partial charge in [0, 0.05) is 35.3 Å². The van der Waals surface area contributed by atoms with Gasteiger partial charge >= 0.3 is 0 Å². The standard InChI is InChI=1S/C35H48N4O8S/c1-9-22-18-35(22,34(42)38-48(43,44)23-12-13-23)37-32(40)26-16-28(21(7)39(26)33(41)24(10-2)19(4)5)47-29-17-30(46-11-3)36-31-20(6)27(45-8)15-14-25(29)31/h9,14-15,17,19,21-24,26,28H,1,10-13,16,18H2,2-8H3,(H,37,40)(H,38,42)/t21-,22-,24-,26+,28-,35-/m1/s1. The van der Waals surface area contributed by atoms with E-state index in [0.717, 1.165) is 10.9 Å². The molecule has 2 aliphatic carbocycles. The van der Waals surface area contributed by atoms with Crippen LogP contribution >= 0.6 is 0 Å². The zero-order valence-corrected chi connectivity index (χ0v) is 29.7. The molecule has 3 aliphatic rings. The monoisotopic (exact) mass is 684 g/mol. The van der Waals surface area contributed by atoms with Crippen LogP contribution in [0.1, 0.15) is 72.3 Å². The van der Waals surface area contributed by atoms with E-state index < -0.39 is 56.7 Å². The molecule has 6 atom stereocenters. The molecular weight excluding hydrogens is 636 g/mol. The number of nitrogens with one attached hydrogen (secondary N) is 2. The fraction of sp³-hybridized carbons (Fsp3) is 0.600. The van der Waals surface area contributed by atoms with Crippen LogP contribution in [0, 0.1) is 24.7 Å². The first-order valence-electron chi connectivity index (χ1n) is 16.8. The Kier molecular flexibility index (Phi) is 10.0. The first-order chi connectivity index (χ1) is 22.7. The number of pyridine rings is 1. The molecule has 1 aliphatic heterocycles. The Morgan fingerprint density at radius 1 is 1.19 bits per heavy atom. The highest BCUT2D eigenvalue weighted by atomic mass is 32.2. The summed E-state index contributed by atoms with van der Waals surface area (Å²) in [5.74, 6) is -0.749. The van der Waals surface area contributed by atoms with Crippen molar-refractivity contribution in [3.63, 3.8) is 0 Å². The van der Waals surface area contributed by atoms with Gasteiger partial charge in [-0.1, -0.05) is 26.8 Å². The Morgan fingerprint density at radius 3 is 2.46 bits per heavy atom. The van der Waals surface area contributed by atoms with Crippen molar-refractivity contribution < 1.29 is 37.0 Å². The van der Waals surface area contributed by atoms with Gasteiger partial charge in [-0.25, -0.2) is 13.4 Å². The SMILES string of the molecule is C=C[C@@H]1C[C@]1(NC(=O)[C@@H]1C[C@@H](Oc2cc(OCC)nc3c(C)c(OC)ccc23)[C@@H](C)N1C(=O)[C@H](CC)C(C)C)C(=O)NS(=O)(=O)C1CC1. The zero-order chi connectivity index (χ0) is 35.1. The third kappa shape index (κ3) is 6.57. The van der Waals surface area contributed by atoms with E-state index in [1.165, 1.54) is 0 Å². The molecule has 3 fully saturated rings. The second kappa shape index (κ2) is 13.6. The molecule has 2 aromatic rings. The Morgan fingerprint density at radius 2 is 1.90 bits per heavy atom. The fourth-order valence-electron chi connectivity index (χ4n) is 6.93. The van der Waals surface area contributed by atoms with Gasteiger partial charge in [-0.2, -0.15) is 0 Å². The summed E-state index contributed by atoms with van der Waals surface area (Å²) in [6.07, 6.45) is 2.86. The number of sulfonamides is 1. The summed E-state index contributed by atoms with van der Waals surface area (Å²) < 4.78 is 45.4. The second-order valence-corrected chi connectivity index (χ2v) is 15.5. The summed E-state index contributed by atoms with van der Waals surface area (Å²) >= 11 is 0. The highest BCUT2D eigenvalue weighted by Gasteiger charge is 2.62. The number of fused-ring (bicyclic) bond motifs is 1. The third-order valence-electron chi connectivity index (χ3n) is 10.0.